The van der Waals surface area contributed by atoms with E-state index in [1.54, 1.807) is 0 Å². The normalized spacial score (nSPS) is 28.6. The number of rotatable bonds is 3. The molecule has 3 heteroatoms. The lowest BCUT2D eigenvalue weighted by atomic mass is 9.77. The van der Waals surface area contributed by atoms with Gasteiger partial charge in [0.05, 0.1) is 11.2 Å². The molecule has 0 bridgehead atoms. The first-order valence-electron chi connectivity index (χ1n) is 7.59. The summed E-state index contributed by atoms with van der Waals surface area (Å²) in [4.78, 5) is 4.98. The van der Waals surface area contributed by atoms with E-state index in [1.807, 2.05) is 11.3 Å². The van der Waals surface area contributed by atoms with E-state index in [0.717, 1.165) is 12.5 Å². The minimum Gasteiger partial charge on any atom is -0.306 e. The molecule has 108 valence electrons. The summed E-state index contributed by atoms with van der Waals surface area (Å²) in [5.41, 5.74) is 1.54. The maximum atomic E-state index is 4.98. The van der Waals surface area contributed by atoms with Gasteiger partial charge in [0.25, 0.3) is 0 Å². The first kappa shape index (κ1) is 15.0. The van der Waals surface area contributed by atoms with Gasteiger partial charge in [-0.05, 0) is 38.1 Å². The molecule has 1 saturated carbocycles. The molecule has 0 atom stereocenters. The van der Waals surface area contributed by atoms with E-state index in [2.05, 4.69) is 45.3 Å². The summed E-state index contributed by atoms with van der Waals surface area (Å²) < 4.78 is 0. The zero-order valence-corrected chi connectivity index (χ0v) is 13.9. The Bertz CT molecular complexity index is 409. The van der Waals surface area contributed by atoms with Gasteiger partial charge in [-0.15, -0.1) is 11.3 Å². The van der Waals surface area contributed by atoms with Gasteiger partial charge in [0.15, 0.2) is 0 Å². The molecule has 19 heavy (non-hydrogen) atoms. The van der Waals surface area contributed by atoms with Crippen molar-refractivity contribution < 1.29 is 0 Å². The number of nitrogens with one attached hydrogen (secondary N) is 1. The highest BCUT2D eigenvalue weighted by Crippen LogP contribution is 2.41. The molecule has 1 aliphatic carbocycles. The Morgan fingerprint density at radius 2 is 2.00 bits per heavy atom. The van der Waals surface area contributed by atoms with Gasteiger partial charge in [-0.25, -0.2) is 4.98 Å². The van der Waals surface area contributed by atoms with Gasteiger partial charge in [0.2, 0.25) is 0 Å². The molecular weight excluding hydrogens is 252 g/mol. The van der Waals surface area contributed by atoms with Crippen LogP contribution in [0.5, 0.6) is 0 Å². The Balaban J connectivity index is 2.26. The van der Waals surface area contributed by atoms with Crippen molar-refractivity contribution in [3.63, 3.8) is 0 Å². The third-order valence-electron chi connectivity index (χ3n) is 4.32. The van der Waals surface area contributed by atoms with E-state index in [9.17, 15) is 0 Å². The van der Waals surface area contributed by atoms with Gasteiger partial charge in [0.1, 0.15) is 5.01 Å². The monoisotopic (exact) mass is 280 g/mol. The van der Waals surface area contributed by atoms with Gasteiger partial charge < -0.3 is 5.32 Å². The third kappa shape index (κ3) is 3.19. The Labute approximate surface area is 122 Å². The molecular formula is C16H28N2S. The summed E-state index contributed by atoms with van der Waals surface area (Å²) in [5.74, 6) is 0.869. The molecule has 1 fully saturated rings. The van der Waals surface area contributed by atoms with Crippen molar-refractivity contribution in [1.29, 1.82) is 0 Å². The van der Waals surface area contributed by atoms with Crippen LogP contribution in [0, 0.1) is 5.92 Å². The highest BCUT2D eigenvalue weighted by Gasteiger charge is 2.38. The Hall–Kier alpha value is -0.410. The zero-order valence-electron chi connectivity index (χ0n) is 13.0. The summed E-state index contributed by atoms with van der Waals surface area (Å²) in [7, 11) is 0. The standard InChI is InChI=1S/C16H28N2S/c1-6-17-16(9-7-12(2)8-10-16)14-18-13(11-19-14)15(3,4)5/h11-12,17H,6-10H2,1-5H3. The van der Waals surface area contributed by atoms with E-state index < -0.39 is 0 Å². The second kappa shape index (κ2) is 5.53. The van der Waals surface area contributed by atoms with Crippen molar-refractivity contribution in [1.82, 2.24) is 10.3 Å². The molecule has 1 N–H and O–H groups in total. The van der Waals surface area contributed by atoms with Crippen molar-refractivity contribution >= 4 is 11.3 Å². The first-order chi connectivity index (χ1) is 8.87. The Morgan fingerprint density at radius 3 is 2.47 bits per heavy atom. The van der Waals surface area contributed by atoms with Crippen LogP contribution in [0.15, 0.2) is 5.38 Å². The van der Waals surface area contributed by atoms with E-state index in [1.165, 1.54) is 36.4 Å². The summed E-state index contributed by atoms with van der Waals surface area (Å²) in [5, 5.41) is 7.32. The fourth-order valence-corrected chi connectivity index (χ4v) is 4.18. The van der Waals surface area contributed by atoms with Crippen LogP contribution >= 0.6 is 11.3 Å². The van der Waals surface area contributed by atoms with E-state index >= 15 is 0 Å². The molecule has 0 aromatic carbocycles. The van der Waals surface area contributed by atoms with Crippen molar-refractivity contribution in [2.75, 3.05) is 6.54 Å². The number of nitrogens with zero attached hydrogens (tertiary/aromatic N) is 1. The van der Waals surface area contributed by atoms with Gasteiger partial charge in [-0.3, -0.25) is 0 Å². The predicted molar refractivity (Wildman–Crippen MR) is 83.8 cm³/mol. The SMILES string of the molecule is CCNC1(c2nc(C(C)(C)C)cs2)CCC(C)CC1. The number of hydrogen-bond donors (Lipinski definition) is 1. The Morgan fingerprint density at radius 1 is 1.37 bits per heavy atom. The zero-order chi connectivity index (χ0) is 14.1. The van der Waals surface area contributed by atoms with Crippen LogP contribution in [-0.2, 0) is 11.0 Å². The lowest BCUT2D eigenvalue weighted by Crippen LogP contribution is -2.45. The van der Waals surface area contributed by atoms with E-state index in [0.29, 0.717) is 0 Å². The second-order valence-electron chi connectivity index (χ2n) is 7.08. The van der Waals surface area contributed by atoms with Gasteiger partial charge in [0, 0.05) is 10.8 Å². The molecule has 0 saturated heterocycles. The smallest absolute Gasteiger partial charge is 0.113 e. The van der Waals surface area contributed by atoms with Crippen LogP contribution in [0.1, 0.15) is 71.0 Å². The fourth-order valence-electron chi connectivity index (χ4n) is 2.90. The topological polar surface area (TPSA) is 24.9 Å². The molecule has 1 aromatic rings. The van der Waals surface area contributed by atoms with Gasteiger partial charge in [-0.2, -0.15) is 0 Å². The maximum absolute atomic E-state index is 4.98. The summed E-state index contributed by atoms with van der Waals surface area (Å²) >= 11 is 1.85. The van der Waals surface area contributed by atoms with Gasteiger partial charge >= 0.3 is 0 Å². The summed E-state index contributed by atoms with van der Waals surface area (Å²) in [6, 6.07) is 0. The molecule has 1 aromatic heterocycles. The van der Waals surface area contributed by atoms with E-state index in [-0.39, 0.29) is 11.0 Å². The van der Waals surface area contributed by atoms with Crippen molar-refractivity contribution in [3.05, 3.63) is 16.1 Å². The quantitative estimate of drug-likeness (QED) is 0.884. The van der Waals surface area contributed by atoms with Crippen molar-refractivity contribution in [3.8, 4) is 0 Å². The molecule has 0 unspecified atom stereocenters. The molecule has 0 spiro atoms. The number of aromatic nitrogens is 1. The van der Waals surface area contributed by atoms with Crippen molar-refractivity contribution in [2.45, 2.75) is 71.3 Å². The Kier molecular flexibility index (Phi) is 4.36. The third-order valence-corrected chi connectivity index (χ3v) is 5.37. The highest BCUT2D eigenvalue weighted by molar-refractivity contribution is 7.09. The second-order valence-corrected chi connectivity index (χ2v) is 7.94. The lowest BCUT2D eigenvalue weighted by Gasteiger charge is -2.38. The van der Waals surface area contributed by atoms with Crippen LogP contribution in [0.4, 0.5) is 0 Å². The van der Waals surface area contributed by atoms with Crippen LogP contribution < -0.4 is 5.32 Å². The molecule has 2 rings (SSSR count). The number of thiazole rings is 1. The highest BCUT2D eigenvalue weighted by atomic mass is 32.1. The molecule has 0 aliphatic heterocycles. The van der Waals surface area contributed by atoms with Crippen LogP contribution in [0.2, 0.25) is 0 Å². The lowest BCUT2D eigenvalue weighted by molar-refractivity contribution is 0.198. The molecule has 2 nitrogen and oxygen atoms in total. The van der Waals surface area contributed by atoms with Crippen molar-refractivity contribution in [2.24, 2.45) is 5.92 Å². The average molecular weight is 280 g/mol. The molecule has 0 amide bonds. The minimum atomic E-state index is 0.148. The maximum Gasteiger partial charge on any atom is 0.113 e. The first-order valence-corrected chi connectivity index (χ1v) is 8.47. The van der Waals surface area contributed by atoms with Gasteiger partial charge in [-0.1, -0.05) is 34.6 Å². The van der Waals surface area contributed by atoms with E-state index in [4.69, 9.17) is 4.98 Å². The fraction of sp³-hybridized carbons (Fsp3) is 0.812. The van der Waals surface area contributed by atoms with Crippen LogP contribution in [-0.4, -0.2) is 11.5 Å². The largest absolute Gasteiger partial charge is 0.306 e. The molecule has 1 heterocycles. The summed E-state index contributed by atoms with van der Waals surface area (Å²) in [6.45, 7) is 12.3. The summed E-state index contributed by atoms with van der Waals surface area (Å²) in [6.07, 6.45) is 5.10. The predicted octanol–water partition coefficient (Wildman–Crippen LogP) is 4.46. The number of hydrogen-bond acceptors (Lipinski definition) is 3. The minimum absolute atomic E-state index is 0.148. The average Bonchev–Trinajstić information content (AvgIpc) is 2.82. The molecule has 1 aliphatic rings. The molecule has 0 radical (unpaired) electrons. The van der Waals surface area contributed by atoms with Crippen LogP contribution in [0.25, 0.3) is 0 Å². The van der Waals surface area contributed by atoms with Crippen LogP contribution in [0.3, 0.4) is 0 Å².